The molecule has 110 valence electrons. The molecule has 0 aromatic rings. The summed E-state index contributed by atoms with van der Waals surface area (Å²) in [6.07, 6.45) is 16.9. The predicted octanol–water partition coefficient (Wildman–Crippen LogP) is 4.95. The average Bonchev–Trinajstić information content (AvgIpc) is 2.44. The topological polar surface area (TPSA) is 53.5 Å². The van der Waals surface area contributed by atoms with E-state index in [0.29, 0.717) is 12.7 Å². The second-order valence-electron chi connectivity index (χ2n) is 5.35. The lowest BCUT2D eigenvalue weighted by Crippen LogP contribution is -2.00. The van der Waals surface area contributed by atoms with Gasteiger partial charge in [-0.15, -0.1) is 0 Å². The lowest BCUT2D eigenvalue weighted by atomic mass is 10.0. The first kappa shape index (κ1) is 18.0. The van der Waals surface area contributed by atoms with Crippen LogP contribution in [0.2, 0.25) is 0 Å². The number of hydrogen-bond donors (Lipinski definition) is 0. The molecule has 0 spiro atoms. The Balaban J connectivity index is 3.11. The van der Waals surface area contributed by atoms with Gasteiger partial charge < -0.3 is 5.53 Å². The second-order valence-corrected chi connectivity index (χ2v) is 5.35. The number of aldehydes is 1. The van der Waals surface area contributed by atoms with Gasteiger partial charge in [0.2, 0.25) is 6.29 Å². The first-order valence-corrected chi connectivity index (χ1v) is 8.01. The van der Waals surface area contributed by atoms with Crippen LogP contribution < -0.4 is 0 Å². The van der Waals surface area contributed by atoms with Crippen LogP contribution in [0.4, 0.5) is 0 Å². The van der Waals surface area contributed by atoms with Crippen molar-refractivity contribution in [3.05, 3.63) is 5.53 Å². The summed E-state index contributed by atoms with van der Waals surface area (Å²) in [5.74, 6) is 0. The second kappa shape index (κ2) is 15.1. The quantitative estimate of drug-likeness (QED) is 0.144. The van der Waals surface area contributed by atoms with Gasteiger partial charge >= 0.3 is 5.71 Å². The van der Waals surface area contributed by atoms with E-state index in [1.54, 1.807) is 0 Å². The zero-order valence-electron chi connectivity index (χ0n) is 12.6. The van der Waals surface area contributed by atoms with Gasteiger partial charge in [-0.05, 0) is 6.42 Å². The molecule has 0 bridgehead atoms. The molecule has 0 rings (SSSR count). The highest BCUT2D eigenvalue weighted by atomic mass is 16.1. The largest absolute Gasteiger partial charge is 0.361 e. The van der Waals surface area contributed by atoms with Crippen molar-refractivity contribution in [2.75, 3.05) is 0 Å². The van der Waals surface area contributed by atoms with Crippen molar-refractivity contribution in [3.8, 4) is 0 Å². The molecule has 0 amide bonds. The fourth-order valence-electron chi connectivity index (χ4n) is 2.28. The van der Waals surface area contributed by atoms with Crippen LogP contribution in [-0.4, -0.2) is 16.8 Å². The van der Waals surface area contributed by atoms with E-state index in [4.69, 9.17) is 5.53 Å². The van der Waals surface area contributed by atoms with Gasteiger partial charge in [-0.25, -0.2) is 0 Å². The number of nitrogens with zero attached hydrogens (tertiary/aromatic N) is 2. The fraction of sp³-hybridized carbons (Fsp3) is 0.875. The summed E-state index contributed by atoms with van der Waals surface area (Å²) in [5.41, 5.74) is 8.73. The molecule has 0 aromatic heterocycles. The maximum absolute atomic E-state index is 10.4. The van der Waals surface area contributed by atoms with Crippen molar-refractivity contribution in [3.63, 3.8) is 0 Å². The smallest absolute Gasteiger partial charge is 0.331 e. The van der Waals surface area contributed by atoms with Crippen molar-refractivity contribution in [1.82, 2.24) is 0 Å². The van der Waals surface area contributed by atoms with E-state index in [2.05, 4.69) is 11.7 Å². The molecular formula is C16H30N2O. The molecule has 0 saturated carbocycles. The third-order valence-corrected chi connectivity index (χ3v) is 3.55. The van der Waals surface area contributed by atoms with E-state index >= 15 is 0 Å². The molecule has 0 aromatic carbocycles. The third-order valence-electron chi connectivity index (χ3n) is 3.55. The Morgan fingerprint density at radius 1 is 0.842 bits per heavy atom. The van der Waals surface area contributed by atoms with Gasteiger partial charge in [0.25, 0.3) is 0 Å². The minimum atomic E-state index is 0.270. The first-order chi connectivity index (χ1) is 9.35. The monoisotopic (exact) mass is 266 g/mol. The summed E-state index contributed by atoms with van der Waals surface area (Å²) < 4.78 is 0. The Bertz CT molecular complexity index is 257. The summed E-state index contributed by atoms with van der Waals surface area (Å²) in [7, 11) is 0. The van der Waals surface area contributed by atoms with Crippen LogP contribution in [0, 0.1) is 0 Å². The first-order valence-electron chi connectivity index (χ1n) is 8.01. The standard InChI is InChI=1S/C16H30N2O/c1-2-3-4-5-6-7-8-9-10-11-12-13-14-16(15-19)18-17/h15H,2-14H2,1H3. The van der Waals surface area contributed by atoms with E-state index in [-0.39, 0.29) is 5.71 Å². The molecule has 0 N–H and O–H groups in total. The van der Waals surface area contributed by atoms with Gasteiger partial charge in [0.1, 0.15) is 0 Å². The minimum Gasteiger partial charge on any atom is -0.361 e. The Kier molecular flexibility index (Phi) is 14.4. The summed E-state index contributed by atoms with van der Waals surface area (Å²) in [6, 6.07) is 0. The number of carbonyl (C=O) groups excluding carboxylic acids is 1. The van der Waals surface area contributed by atoms with Gasteiger partial charge in [-0.1, -0.05) is 77.6 Å². The van der Waals surface area contributed by atoms with Crippen LogP contribution in [0.15, 0.2) is 0 Å². The SMILES string of the molecule is CCCCCCCCCCCCCCC(C=O)=[N+]=[N-]. The van der Waals surface area contributed by atoms with E-state index in [0.717, 1.165) is 12.8 Å². The molecule has 3 heteroatoms. The van der Waals surface area contributed by atoms with E-state index in [9.17, 15) is 4.79 Å². The molecule has 0 radical (unpaired) electrons. The highest BCUT2D eigenvalue weighted by Gasteiger charge is 2.04. The lowest BCUT2D eigenvalue weighted by Gasteiger charge is -2.01. The number of hydrogen-bond acceptors (Lipinski definition) is 1. The predicted molar refractivity (Wildman–Crippen MR) is 80.4 cm³/mol. The zero-order valence-corrected chi connectivity index (χ0v) is 12.6. The number of carbonyl (C=O) groups is 1. The summed E-state index contributed by atoms with van der Waals surface area (Å²) >= 11 is 0. The zero-order chi connectivity index (χ0) is 14.2. The van der Waals surface area contributed by atoms with Crippen molar-refractivity contribution in [1.29, 1.82) is 0 Å². The molecule has 0 saturated heterocycles. The minimum absolute atomic E-state index is 0.270. The van der Waals surface area contributed by atoms with Gasteiger partial charge in [0.15, 0.2) is 0 Å². The Labute approximate surface area is 118 Å². The van der Waals surface area contributed by atoms with Crippen molar-refractivity contribution in [2.45, 2.75) is 90.4 Å². The molecule has 0 aliphatic rings. The van der Waals surface area contributed by atoms with Crippen LogP contribution in [0.3, 0.4) is 0 Å². The van der Waals surface area contributed by atoms with Crippen LogP contribution in [-0.2, 0) is 4.79 Å². The average molecular weight is 266 g/mol. The molecule has 3 nitrogen and oxygen atoms in total. The highest BCUT2D eigenvalue weighted by Crippen LogP contribution is 2.12. The Morgan fingerprint density at radius 2 is 1.26 bits per heavy atom. The molecule has 19 heavy (non-hydrogen) atoms. The van der Waals surface area contributed by atoms with Gasteiger partial charge in [-0.2, -0.15) is 4.79 Å². The fourth-order valence-corrected chi connectivity index (χ4v) is 2.28. The van der Waals surface area contributed by atoms with Crippen LogP contribution in [0.25, 0.3) is 5.53 Å². The van der Waals surface area contributed by atoms with Gasteiger partial charge in [0.05, 0.1) is 6.42 Å². The Hall–Kier alpha value is -0.950. The molecule has 0 heterocycles. The number of unbranched alkanes of at least 4 members (excludes halogenated alkanes) is 11. The maximum Gasteiger partial charge on any atom is 0.331 e. The van der Waals surface area contributed by atoms with Crippen LogP contribution >= 0.6 is 0 Å². The van der Waals surface area contributed by atoms with Crippen LogP contribution in [0.5, 0.6) is 0 Å². The molecule has 0 fully saturated rings. The molecule has 0 aliphatic carbocycles. The van der Waals surface area contributed by atoms with Crippen molar-refractivity contribution < 1.29 is 9.58 Å². The lowest BCUT2D eigenvalue weighted by molar-refractivity contribution is -0.107. The third kappa shape index (κ3) is 13.3. The van der Waals surface area contributed by atoms with Crippen LogP contribution in [0.1, 0.15) is 90.4 Å². The summed E-state index contributed by atoms with van der Waals surface area (Å²) in [5, 5.41) is 0. The normalized spacial score (nSPS) is 10.2. The Morgan fingerprint density at radius 3 is 1.63 bits per heavy atom. The van der Waals surface area contributed by atoms with E-state index in [1.165, 1.54) is 64.2 Å². The highest BCUT2D eigenvalue weighted by molar-refractivity contribution is 6.25. The molecular weight excluding hydrogens is 236 g/mol. The van der Waals surface area contributed by atoms with Gasteiger partial charge in [-0.3, -0.25) is 4.79 Å². The summed E-state index contributed by atoms with van der Waals surface area (Å²) in [4.78, 5) is 13.3. The van der Waals surface area contributed by atoms with Crippen molar-refractivity contribution in [2.24, 2.45) is 0 Å². The van der Waals surface area contributed by atoms with Gasteiger partial charge in [0, 0.05) is 0 Å². The maximum atomic E-state index is 10.4. The summed E-state index contributed by atoms with van der Waals surface area (Å²) in [6.45, 7) is 2.25. The van der Waals surface area contributed by atoms with E-state index in [1.807, 2.05) is 0 Å². The van der Waals surface area contributed by atoms with Crippen molar-refractivity contribution >= 4 is 12.0 Å². The van der Waals surface area contributed by atoms with E-state index < -0.39 is 0 Å². The molecule has 0 aliphatic heterocycles. The molecule has 0 atom stereocenters. The number of rotatable bonds is 14. The molecule has 0 unspecified atom stereocenters.